The number of anilines is 2. The van der Waals surface area contributed by atoms with Gasteiger partial charge in [-0.25, -0.2) is 0 Å². The van der Waals surface area contributed by atoms with Crippen molar-refractivity contribution < 1.29 is 14.3 Å². The molecule has 0 aromatic heterocycles. The van der Waals surface area contributed by atoms with Crippen molar-refractivity contribution in [3.63, 3.8) is 0 Å². The monoisotopic (exact) mass is 336 g/mol. The summed E-state index contributed by atoms with van der Waals surface area (Å²) < 4.78 is 5.47. The first-order chi connectivity index (χ1) is 12.0. The van der Waals surface area contributed by atoms with E-state index in [0.717, 1.165) is 11.1 Å². The van der Waals surface area contributed by atoms with Gasteiger partial charge in [0.2, 0.25) is 5.91 Å². The quantitative estimate of drug-likeness (QED) is 0.853. The third-order valence-corrected chi connectivity index (χ3v) is 3.82. The summed E-state index contributed by atoms with van der Waals surface area (Å²) in [5, 5.41) is 2.87. The zero-order chi connectivity index (χ0) is 17.8. The Morgan fingerprint density at radius 1 is 1.24 bits per heavy atom. The Bertz CT molecular complexity index is 815. The van der Waals surface area contributed by atoms with Crippen molar-refractivity contribution in [2.45, 2.75) is 13.3 Å². The summed E-state index contributed by atoms with van der Waals surface area (Å²) in [5.41, 5.74) is 3.10. The number of amides is 2. The lowest BCUT2D eigenvalue weighted by atomic mass is 10.1. The summed E-state index contributed by atoms with van der Waals surface area (Å²) in [7, 11) is 0. The van der Waals surface area contributed by atoms with E-state index < -0.39 is 0 Å². The number of fused-ring (bicyclic) bond motifs is 1. The van der Waals surface area contributed by atoms with Gasteiger partial charge in [0.25, 0.3) is 5.91 Å². The van der Waals surface area contributed by atoms with E-state index in [9.17, 15) is 9.59 Å². The zero-order valence-electron chi connectivity index (χ0n) is 14.1. The smallest absolute Gasteiger partial charge is 0.265 e. The minimum Gasteiger partial charge on any atom is -0.482 e. The van der Waals surface area contributed by atoms with Crippen LogP contribution < -0.4 is 15.0 Å². The molecule has 0 unspecified atom stereocenters. The molecule has 1 N–H and O–H groups in total. The standard InChI is InChI=1S/C20H20N2O3/c1-14(2)12-22-17-11-16(8-9-18(17)25-13-20(22)24)21-19(23)10-15-6-4-3-5-7-15/h3-9,11H,1,10,12-13H2,2H3,(H,21,23). The molecule has 0 saturated heterocycles. The summed E-state index contributed by atoms with van der Waals surface area (Å²) in [6.45, 7) is 6.18. The fraction of sp³-hybridized carbons (Fsp3) is 0.200. The van der Waals surface area contributed by atoms with Crippen LogP contribution in [0.4, 0.5) is 11.4 Å². The second-order valence-electron chi connectivity index (χ2n) is 6.12. The Morgan fingerprint density at radius 2 is 2.00 bits per heavy atom. The van der Waals surface area contributed by atoms with E-state index in [1.54, 1.807) is 23.1 Å². The van der Waals surface area contributed by atoms with E-state index in [2.05, 4.69) is 11.9 Å². The van der Waals surface area contributed by atoms with Gasteiger partial charge in [-0.1, -0.05) is 42.5 Å². The number of hydrogen-bond acceptors (Lipinski definition) is 3. The van der Waals surface area contributed by atoms with Gasteiger partial charge in [-0.2, -0.15) is 0 Å². The third-order valence-electron chi connectivity index (χ3n) is 3.82. The molecule has 0 radical (unpaired) electrons. The molecule has 3 rings (SSSR count). The number of carbonyl (C=O) groups excluding carboxylic acids is 2. The second-order valence-corrected chi connectivity index (χ2v) is 6.12. The van der Waals surface area contributed by atoms with Crippen molar-refractivity contribution in [2.24, 2.45) is 0 Å². The molecule has 2 aromatic rings. The largest absolute Gasteiger partial charge is 0.482 e. The zero-order valence-corrected chi connectivity index (χ0v) is 14.1. The van der Waals surface area contributed by atoms with Crippen molar-refractivity contribution in [3.8, 4) is 5.75 Å². The minimum absolute atomic E-state index is 0.0139. The summed E-state index contributed by atoms with van der Waals surface area (Å²) in [4.78, 5) is 26.0. The molecule has 2 amide bonds. The number of ether oxygens (including phenoxy) is 1. The van der Waals surface area contributed by atoms with Crippen molar-refractivity contribution in [2.75, 3.05) is 23.4 Å². The predicted molar refractivity (Wildman–Crippen MR) is 97.9 cm³/mol. The van der Waals surface area contributed by atoms with Gasteiger partial charge < -0.3 is 15.0 Å². The van der Waals surface area contributed by atoms with Crippen LogP contribution in [0.3, 0.4) is 0 Å². The molecule has 25 heavy (non-hydrogen) atoms. The van der Waals surface area contributed by atoms with Crippen molar-refractivity contribution in [1.29, 1.82) is 0 Å². The highest BCUT2D eigenvalue weighted by molar-refractivity contribution is 6.00. The van der Waals surface area contributed by atoms with Gasteiger partial charge in [0.1, 0.15) is 5.75 Å². The van der Waals surface area contributed by atoms with E-state index in [0.29, 0.717) is 30.1 Å². The lowest BCUT2D eigenvalue weighted by molar-refractivity contribution is -0.121. The van der Waals surface area contributed by atoms with Gasteiger partial charge in [0, 0.05) is 12.2 Å². The van der Waals surface area contributed by atoms with Gasteiger partial charge in [-0.05, 0) is 30.7 Å². The van der Waals surface area contributed by atoms with Crippen LogP contribution in [0.2, 0.25) is 0 Å². The van der Waals surface area contributed by atoms with E-state index >= 15 is 0 Å². The fourth-order valence-electron chi connectivity index (χ4n) is 2.71. The van der Waals surface area contributed by atoms with Crippen LogP contribution in [0.1, 0.15) is 12.5 Å². The molecule has 0 atom stereocenters. The predicted octanol–water partition coefficient (Wildman–Crippen LogP) is 3.17. The molecule has 0 fully saturated rings. The molecule has 0 saturated carbocycles. The van der Waals surface area contributed by atoms with Crippen LogP contribution in [0.25, 0.3) is 0 Å². The van der Waals surface area contributed by atoms with Gasteiger partial charge in [0.15, 0.2) is 6.61 Å². The van der Waals surface area contributed by atoms with Crippen LogP contribution in [0, 0.1) is 0 Å². The van der Waals surface area contributed by atoms with E-state index in [1.165, 1.54) is 0 Å². The van der Waals surface area contributed by atoms with E-state index in [4.69, 9.17) is 4.74 Å². The minimum atomic E-state index is -0.122. The molecule has 0 aliphatic carbocycles. The SMILES string of the molecule is C=C(C)CN1C(=O)COc2ccc(NC(=O)Cc3ccccc3)cc21. The van der Waals surface area contributed by atoms with Crippen molar-refractivity contribution >= 4 is 23.2 Å². The lowest BCUT2D eigenvalue weighted by Gasteiger charge is -2.30. The van der Waals surface area contributed by atoms with Gasteiger partial charge in [-0.3, -0.25) is 9.59 Å². The molecule has 5 heteroatoms. The van der Waals surface area contributed by atoms with Crippen LogP contribution in [-0.4, -0.2) is 25.0 Å². The maximum atomic E-state index is 12.2. The van der Waals surface area contributed by atoms with Gasteiger partial charge in [-0.15, -0.1) is 0 Å². The Morgan fingerprint density at radius 3 is 2.72 bits per heavy atom. The number of rotatable bonds is 5. The number of hydrogen-bond donors (Lipinski definition) is 1. The summed E-state index contributed by atoms with van der Waals surface area (Å²) in [5.74, 6) is 0.394. The van der Waals surface area contributed by atoms with Gasteiger partial charge >= 0.3 is 0 Å². The average molecular weight is 336 g/mol. The summed E-state index contributed by atoms with van der Waals surface area (Å²) in [6, 6.07) is 14.8. The average Bonchev–Trinajstić information content (AvgIpc) is 2.58. The van der Waals surface area contributed by atoms with Crippen LogP contribution >= 0.6 is 0 Å². The molecule has 1 aliphatic heterocycles. The molecule has 1 heterocycles. The van der Waals surface area contributed by atoms with Crippen molar-refractivity contribution in [1.82, 2.24) is 0 Å². The first-order valence-corrected chi connectivity index (χ1v) is 8.08. The van der Waals surface area contributed by atoms with Crippen LogP contribution in [0.15, 0.2) is 60.7 Å². The number of nitrogens with zero attached hydrogens (tertiary/aromatic N) is 1. The van der Waals surface area contributed by atoms with Gasteiger partial charge in [0.05, 0.1) is 12.1 Å². The third kappa shape index (κ3) is 4.07. The highest BCUT2D eigenvalue weighted by Crippen LogP contribution is 2.35. The number of carbonyl (C=O) groups is 2. The first kappa shape index (κ1) is 16.8. The topological polar surface area (TPSA) is 58.6 Å². The molecule has 0 bridgehead atoms. The Balaban J connectivity index is 1.77. The normalized spacial score (nSPS) is 13.0. The molecule has 2 aromatic carbocycles. The number of benzene rings is 2. The first-order valence-electron chi connectivity index (χ1n) is 8.08. The molecule has 5 nitrogen and oxygen atoms in total. The highest BCUT2D eigenvalue weighted by Gasteiger charge is 2.25. The van der Waals surface area contributed by atoms with E-state index in [1.807, 2.05) is 37.3 Å². The highest BCUT2D eigenvalue weighted by atomic mass is 16.5. The maximum Gasteiger partial charge on any atom is 0.265 e. The molecule has 0 spiro atoms. The van der Waals surface area contributed by atoms with E-state index in [-0.39, 0.29) is 18.4 Å². The fourth-order valence-corrected chi connectivity index (χ4v) is 2.71. The second kappa shape index (κ2) is 7.21. The maximum absolute atomic E-state index is 12.2. The number of nitrogens with one attached hydrogen (secondary N) is 1. The summed E-state index contributed by atoms with van der Waals surface area (Å²) in [6.07, 6.45) is 0.294. The molecular weight excluding hydrogens is 316 g/mol. The molecule has 1 aliphatic rings. The molecule has 128 valence electrons. The summed E-state index contributed by atoms with van der Waals surface area (Å²) >= 11 is 0. The molecular formula is C20H20N2O3. The van der Waals surface area contributed by atoms with Crippen LogP contribution in [-0.2, 0) is 16.0 Å². The van der Waals surface area contributed by atoms with Crippen molar-refractivity contribution in [3.05, 3.63) is 66.2 Å². The Kier molecular flexibility index (Phi) is 4.84. The lowest BCUT2D eigenvalue weighted by Crippen LogP contribution is -2.39. The van der Waals surface area contributed by atoms with Crippen LogP contribution in [0.5, 0.6) is 5.75 Å². The Labute approximate surface area is 146 Å². The Hall–Kier alpha value is -3.08.